The molecular formula is C28H36N6O3S. The van der Waals surface area contributed by atoms with E-state index in [0.717, 1.165) is 54.5 Å². The molecule has 3 aromatic rings. The molecule has 1 fully saturated rings. The Morgan fingerprint density at radius 1 is 1.08 bits per heavy atom. The van der Waals surface area contributed by atoms with Crippen molar-refractivity contribution in [3.63, 3.8) is 0 Å². The molecule has 1 amide bonds. The second-order valence-corrected chi connectivity index (χ2v) is 10.7. The van der Waals surface area contributed by atoms with E-state index in [2.05, 4.69) is 27.3 Å². The lowest BCUT2D eigenvalue weighted by Crippen LogP contribution is -2.39. The maximum Gasteiger partial charge on any atom is 0.269 e. The van der Waals surface area contributed by atoms with Crippen LogP contribution in [-0.4, -0.2) is 61.9 Å². The summed E-state index contributed by atoms with van der Waals surface area (Å²) >= 11 is 1.60. The number of unbranched alkanes of at least 4 members (excludes halogenated alkanes) is 1. The summed E-state index contributed by atoms with van der Waals surface area (Å²) < 4.78 is 1.97. The van der Waals surface area contributed by atoms with Crippen molar-refractivity contribution in [3.8, 4) is 17.1 Å². The largest absolute Gasteiger partial charge is 0.356 e. The highest BCUT2D eigenvalue weighted by molar-refractivity contribution is 7.99. The Kier molecular flexibility index (Phi) is 10.3. The number of carbonyl (C=O) groups is 1. The van der Waals surface area contributed by atoms with E-state index in [0.29, 0.717) is 18.3 Å². The molecule has 1 aliphatic heterocycles. The third-order valence-electron chi connectivity index (χ3n) is 6.90. The van der Waals surface area contributed by atoms with Crippen molar-refractivity contribution >= 4 is 23.4 Å². The molecule has 0 aliphatic carbocycles. The molecule has 1 aliphatic rings. The first-order valence-corrected chi connectivity index (χ1v) is 14.4. The van der Waals surface area contributed by atoms with Crippen molar-refractivity contribution in [2.75, 3.05) is 25.4 Å². The van der Waals surface area contributed by atoms with Crippen LogP contribution in [0.1, 0.15) is 51.9 Å². The number of rotatable bonds is 13. The van der Waals surface area contributed by atoms with Gasteiger partial charge in [-0.25, -0.2) is 0 Å². The topological polar surface area (TPSA) is 106 Å². The average molecular weight is 537 g/mol. The molecule has 38 heavy (non-hydrogen) atoms. The van der Waals surface area contributed by atoms with Gasteiger partial charge in [-0.15, -0.1) is 10.2 Å². The standard InChI is InChI=1S/C28H36N6O3S/c1-22-10-5-7-19-32(22)20-9-18-29-26(35)13-6-8-21-38-28-31-30-27(33(28)24-11-3-2-4-12-24)23-14-16-25(17-15-23)34(36)37/h2-4,11-12,14-17,22H,5-10,13,18-21H2,1H3,(H,29,35). The fourth-order valence-electron chi connectivity index (χ4n) is 4.73. The second-order valence-electron chi connectivity index (χ2n) is 9.67. The minimum absolute atomic E-state index is 0.0368. The number of likely N-dealkylation sites (tertiary alicyclic amines) is 1. The molecular weight excluding hydrogens is 500 g/mol. The summed E-state index contributed by atoms with van der Waals surface area (Å²) in [6, 6.07) is 16.8. The van der Waals surface area contributed by atoms with Crippen LogP contribution in [0.4, 0.5) is 5.69 Å². The number of nitrogens with one attached hydrogen (secondary N) is 1. The van der Waals surface area contributed by atoms with Crippen LogP contribution in [0.5, 0.6) is 0 Å². The molecule has 0 radical (unpaired) electrons. The van der Waals surface area contributed by atoms with E-state index in [1.165, 1.54) is 37.9 Å². The van der Waals surface area contributed by atoms with Crippen molar-refractivity contribution in [2.24, 2.45) is 0 Å². The minimum Gasteiger partial charge on any atom is -0.356 e. The summed E-state index contributed by atoms with van der Waals surface area (Å²) in [6.07, 6.45) is 7.13. The molecule has 0 spiro atoms. The molecule has 4 rings (SSSR count). The zero-order chi connectivity index (χ0) is 26.7. The Labute approximate surface area is 228 Å². The number of nitro groups is 1. The summed E-state index contributed by atoms with van der Waals surface area (Å²) in [6.45, 7) is 5.28. The average Bonchev–Trinajstić information content (AvgIpc) is 3.36. The van der Waals surface area contributed by atoms with Gasteiger partial charge < -0.3 is 10.2 Å². The fraction of sp³-hybridized carbons (Fsp3) is 0.464. The van der Waals surface area contributed by atoms with Gasteiger partial charge in [0.05, 0.1) is 4.92 Å². The molecule has 10 heteroatoms. The Balaban J connectivity index is 1.25. The van der Waals surface area contributed by atoms with Gasteiger partial charge in [0.2, 0.25) is 5.91 Å². The van der Waals surface area contributed by atoms with Gasteiger partial charge in [-0.1, -0.05) is 36.4 Å². The van der Waals surface area contributed by atoms with Gasteiger partial charge in [-0.05, 0) is 69.8 Å². The maximum absolute atomic E-state index is 12.3. The number of hydrogen-bond acceptors (Lipinski definition) is 7. The number of hydrogen-bond donors (Lipinski definition) is 1. The first-order valence-electron chi connectivity index (χ1n) is 13.4. The number of nitrogens with zero attached hydrogens (tertiary/aromatic N) is 5. The quantitative estimate of drug-likeness (QED) is 0.133. The Hall–Kier alpha value is -3.24. The zero-order valence-corrected chi connectivity index (χ0v) is 22.7. The van der Waals surface area contributed by atoms with Crippen molar-refractivity contribution in [3.05, 3.63) is 64.7 Å². The van der Waals surface area contributed by atoms with Gasteiger partial charge in [-0.3, -0.25) is 19.5 Å². The van der Waals surface area contributed by atoms with Gasteiger partial charge in [0.1, 0.15) is 0 Å². The van der Waals surface area contributed by atoms with Crippen molar-refractivity contribution < 1.29 is 9.72 Å². The highest BCUT2D eigenvalue weighted by atomic mass is 32.2. The molecule has 9 nitrogen and oxygen atoms in total. The number of non-ortho nitro benzene ring substituents is 1. The van der Waals surface area contributed by atoms with Gasteiger partial charge in [-0.2, -0.15) is 0 Å². The molecule has 1 unspecified atom stereocenters. The number of carbonyl (C=O) groups excluding carboxylic acids is 1. The Morgan fingerprint density at radius 3 is 2.61 bits per heavy atom. The lowest BCUT2D eigenvalue weighted by atomic mass is 10.0. The smallest absolute Gasteiger partial charge is 0.269 e. The van der Waals surface area contributed by atoms with Gasteiger partial charge in [0.15, 0.2) is 11.0 Å². The van der Waals surface area contributed by atoms with E-state index < -0.39 is 4.92 Å². The number of para-hydroxylation sites is 1. The molecule has 2 heterocycles. The van der Waals surface area contributed by atoms with Gasteiger partial charge in [0.25, 0.3) is 5.69 Å². The van der Waals surface area contributed by atoms with Gasteiger partial charge >= 0.3 is 0 Å². The number of amides is 1. The number of thioether (sulfide) groups is 1. The predicted molar refractivity (Wildman–Crippen MR) is 151 cm³/mol. The van der Waals surface area contributed by atoms with Crippen LogP contribution in [0.2, 0.25) is 0 Å². The first-order chi connectivity index (χ1) is 18.5. The maximum atomic E-state index is 12.3. The minimum atomic E-state index is -0.413. The first kappa shape index (κ1) is 27.8. The van der Waals surface area contributed by atoms with Crippen LogP contribution >= 0.6 is 11.8 Å². The van der Waals surface area contributed by atoms with Crippen LogP contribution in [0, 0.1) is 10.1 Å². The molecule has 1 atom stereocenters. The van der Waals surface area contributed by atoms with Crippen LogP contribution in [0.25, 0.3) is 17.1 Å². The lowest BCUT2D eigenvalue weighted by molar-refractivity contribution is -0.384. The van der Waals surface area contributed by atoms with E-state index in [-0.39, 0.29) is 11.6 Å². The highest BCUT2D eigenvalue weighted by Gasteiger charge is 2.18. The SMILES string of the molecule is CC1CCCCN1CCCNC(=O)CCCCSc1nnc(-c2ccc([N+](=O)[O-])cc2)n1-c1ccccc1. The van der Waals surface area contributed by atoms with Crippen molar-refractivity contribution in [2.45, 2.75) is 63.1 Å². The van der Waals surface area contributed by atoms with E-state index in [9.17, 15) is 14.9 Å². The third-order valence-corrected chi connectivity index (χ3v) is 7.91. The summed E-state index contributed by atoms with van der Waals surface area (Å²) in [5.41, 5.74) is 1.71. The molecule has 1 N–H and O–H groups in total. The van der Waals surface area contributed by atoms with Crippen LogP contribution < -0.4 is 5.32 Å². The molecule has 1 aromatic heterocycles. The summed E-state index contributed by atoms with van der Waals surface area (Å²) in [5.74, 6) is 1.56. The Bertz CT molecular complexity index is 1190. The third kappa shape index (κ3) is 7.64. The highest BCUT2D eigenvalue weighted by Crippen LogP contribution is 2.29. The molecule has 0 saturated carbocycles. The van der Waals surface area contributed by atoms with Crippen LogP contribution in [0.3, 0.4) is 0 Å². The van der Waals surface area contributed by atoms with E-state index in [1.807, 2.05) is 34.9 Å². The van der Waals surface area contributed by atoms with Gasteiger partial charge in [0, 0.05) is 54.7 Å². The van der Waals surface area contributed by atoms with Crippen LogP contribution in [-0.2, 0) is 4.79 Å². The number of piperidine rings is 1. The summed E-state index contributed by atoms with van der Waals surface area (Å²) in [5, 5.41) is 23.7. The zero-order valence-electron chi connectivity index (χ0n) is 21.9. The van der Waals surface area contributed by atoms with E-state index >= 15 is 0 Å². The lowest BCUT2D eigenvalue weighted by Gasteiger charge is -2.33. The fourth-order valence-corrected chi connectivity index (χ4v) is 5.68. The molecule has 202 valence electrons. The molecule has 0 bridgehead atoms. The van der Waals surface area contributed by atoms with Crippen LogP contribution in [0.15, 0.2) is 59.8 Å². The Morgan fingerprint density at radius 2 is 1.87 bits per heavy atom. The molecule has 1 saturated heterocycles. The second kappa shape index (κ2) is 14.1. The summed E-state index contributed by atoms with van der Waals surface area (Å²) in [4.78, 5) is 25.4. The summed E-state index contributed by atoms with van der Waals surface area (Å²) in [7, 11) is 0. The van der Waals surface area contributed by atoms with E-state index in [1.54, 1.807) is 23.9 Å². The number of aromatic nitrogens is 3. The predicted octanol–water partition coefficient (Wildman–Crippen LogP) is 5.49. The number of nitro benzene ring substituents is 1. The molecule has 2 aromatic carbocycles. The van der Waals surface area contributed by atoms with Crippen molar-refractivity contribution in [1.82, 2.24) is 25.0 Å². The van der Waals surface area contributed by atoms with Crippen molar-refractivity contribution in [1.29, 1.82) is 0 Å². The van der Waals surface area contributed by atoms with E-state index in [4.69, 9.17) is 0 Å². The monoisotopic (exact) mass is 536 g/mol. The normalized spacial score (nSPS) is 15.9. The number of benzene rings is 2.